The second kappa shape index (κ2) is 7.05. The van der Waals surface area contributed by atoms with Crippen LogP contribution in [0.25, 0.3) is 0 Å². The second-order valence-electron chi connectivity index (χ2n) is 6.94. The third-order valence-corrected chi connectivity index (χ3v) is 5.33. The molecule has 1 saturated heterocycles. The summed E-state index contributed by atoms with van der Waals surface area (Å²) in [6.45, 7) is 7.59. The lowest BCUT2D eigenvalue weighted by Gasteiger charge is -2.36. The maximum Gasteiger partial charge on any atom is 0.0552 e. The van der Waals surface area contributed by atoms with Crippen LogP contribution in [0.15, 0.2) is 0 Å². The van der Waals surface area contributed by atoms with Crippen LogP contribution in [0.1, 0.15) is 52.4 Å². The Morgan fingerprint density at radius 1 is 1.32 bits per heavy atom. The number of likely N-dealkylation sites (tertiary alicyclic amines) is 1. The molecule has 0 aromatic rings. The highest BCUT2D eigenvalue weighted by atomic mass is 16.3. The Balaban J connectivity index is 1.80. The molecule has 5 unspecified atom stereocenters. The molecule has 3 N–H and O–H groups in total. The molecule has 112 valence electrons. The molecule has 0 aromatic heterocycles. The highest BCUT2D eigenvalue weighted by molar-refractivity contribution is 4.87. The summed E-state index contributed by atoms with van der Waals surface area (Å²) in [6, 6.07) is 0.402. The first-order valence-corrected chi connectivity index (χ1v) is 8.26. The van der Waals surface area contributed by atoms with Crippen molar-refractivity contribution >= 4 is 0 Å². The average Bonchev–Trinajstić information content (AvgIpc) is 2.82. The van der Waals surface area contributed by atoms with Crippen LogP contribution in [0.3, 0.4) is 0 Å². The predicted molar refractivity (Wildman–Crippen MR) is 79.9 cm³/mol. The van der Waals surface area contributed by atoms with E-state index in [9.17, 15) is 5.11 Å². The van der Waals surface area contributed by atoms with Crippen molar-refractivity contribution in [2.45, 2.75) is 64.5 Å². The third kappa shape index (κ3) is 4.17. The number of rotatable bonds is 5. The van der Waals surface area contributed by atoms with Crippen molar-refractivity contribution in [2.24, 2.45) is 23.5 Å². The Labute approximate surface area is 118 Å². The fraction of sp³-hybridized carbons (Fsp3) is 1.00. The van der Waals surface area contributed by atoms with E-state index in [-0.39, 0.29) is 6.10 Å². The minimum Gasteiger partial charge on any atom is -0.393 e. The van der Waals surface area contributed by atoms with E-state index in [1.807, 2.05) is 6.92 Å². The molecule has 2 aliphatic rings. The molecule has 0 amide bonds. The maximum absolute atomic E-state index is 9.69. The first kappa shape index (κ1) is 15.3. The normalized spacial score (nSPS) is 38.5. The molecule has 3 heteroatoms. The van der Waals surface area contributed by atoms with Crippen molar-refractivity contribution in [3.63, 3.8) is 0 Å². The lowest BCUT2D eigenvalue weighted by Crippen LogP contribution is -2.42. The topological polar surface area (TPSA) is 49.5 Å². The largest absolute Gasteiger partial charge is 0.393 e. The predicted octanol–water partition coefficient (Wildman–Crippen LogP) is 2.23. The molecule has 0 spiro atoms. The molecule has 5 atom stereocenters. The molecule has 3 nitrogen and oxygen atoms in total. The highest BCUT2D eigenvalue weighted by Crippen LogP contribution is 2.33. The second-order valence-corrected chi connectivity index (χ2v) is 6.94. The average molecular weight is 268 g/mol. The van der Waals surface area contributed by atoms with Crippen LogP contribution >= 0.6 is 0 Å². The van der Waals surface area contributed by atoms with Crippen molar-refractivity contribution in [1.29, 1.82) is 0 Å². The van der Waals surface area contributed by atoms with E-state index in [4.69, 9.17) is 5.73 Å². The number of nitrogens with zero attached hydrogens (tertiary/aromatic N) is 1. The Bertz CT molecular complexity index is 269. The molecule has 1 aliphatic heterocycles. The van der Waals surface area contributed by atoms with Crippen LogP contribution in [0, 0.1) is 17.8 Å². The molecule has 0 radical (unpaired) electrons. The van der Waals surface area contributed by atoms with Gasteiger partial charge in [-0.05, 0) is 56.9 Å². The van der Waals surface area contributed by atoms with E-state index in [1.165, 1.54) is 32.1 Å². The van der Waals surface area contributed by atoms with Gasteiger partial charge in [-0.25, -0.2) is 0 Å². The molecule has 0 aromatic carbocycles. The van der Waals surface area contributed by atoms with Gasteiger partial charge in [-0.3, -0.25) is 0 Å². The number of hydrogen-bond acceptors (Lipinski definition) is 3. The molecule has 1 heterocycles. The SMILES string of the molecule is CCCC1CCC(N)C(CN2CCC(C(C)O)C2)C1. The summed E-state index contributed by atoms with van der Waals surface area (Å²) < 4.78 is 0. The summed E-state index contributed by atoms with van der Waals surface area (Å²) in [6.07, 6.45) is 7.55. The van der Waals surface area contributed by atoms with Crippen LogP contribution in [0.4, 0.5) is 0 Å². The first-order valence-electron chi connectivity index (χ1n) is 8.26. The third-order valence-electron chi connectivity index (χ3n) is 5.33. The van der Waals surface area contributed by atoms with E-state index in [0.717, 1.165) is 32.0 Å². The number of aliphatic hydroxyl groups excluding tert-OH is 1. The summed E-state index contributed by atoms with van der Waals surface area (Å²) in [7, 11) is 0. The summed E-state index contributed by atoms with van der Waals surface area (Å²) in [4.78, 5) is 2.54. The lowest BCUT2D eigenvalue weighted by atomic mass is 9.76. The van der Waals surface area contributed by atoms with E-state index in [2.05, 4.69) is 11.8 Å². The summed E-state index contributed by atoms with van der Waals surface area (Å²) in [5.74, 6) is 2.06. The summed E-state index contributed by atoms with van der Waals surface area (Å²) in [5, 5.41) is 9.69. The quantitative estimate of drug-likeness (QED) is 0.804. The molecular formula is C16H32N2O. The molecule has 1 aliphatic carbocycles. The van der Waals surface area contributed by atoms with Gasteiger partial charge >= 0.3 is 0 Å². The Hall–Kier alpha value is -0.120. The molecule has 2 rings (SSSR count). The zero-order chi connectivity index (χ0) is 13.8. The van der Waals surface area contributed by atoms with Crippen LogP contribution in [-0.2, 0) is 0 Å². The van der Waals surface area contributed by atoms with E-state index >= 15 is 0 Å². The Kier molecular flexibility index (Phi) is 5.67. The van der Waals surface area contributed by atoms with Crippen LogP contribution < -0.4 is 5.73 Å². The molecule has 0 bridgehead atoms. The van der Waals surface area contributed by atoms with Gasteiger partial charge in [0, 0.05) is 19.1 Å². The van der Waals surface area contributed by atoms with Gasteiger partial charge in [0.2, 0.25) is 0 Å². The van der Waals surface area contributed by atoms with E-state index in [1.54, 1.807) is 0 Å². The number of hydrogen-bond donors (Lipinski definition) is 2. The van der Waals surface area contributed by atoms with Gasteiger partial charge in [0.25, 0.3) is 0 Å². The monoisotopic (exact) mass is 268 g/mol. The summed E-state index contributed by atoms with van der Waals surface area (Å²) >= 11 is 0. The van der Waals surface area contributed by atoms with Crippen LogP contribution in [-0.4, -0.2) is 41.8 Å². The van der Waals surface area contributed by atoms with Crippen molar-refractivity contribution in [1.82, 2.24) is 4.90 Å². The highest BCUT2D eigenvalue weighted by Gasteiger charge is 2.32. The van der Waals surface area contributed by atoms with Gasteiger partial charge < -0.3 is 15.7 Å². The fourth-order valence-corrected chi connectivity index (χ4v) is 4.02. The molecule has 2 fully saturated rings. The van der Waals surface area contributed by atoms with Gasteiger partial charge in [-0.2, -0.15) is 0 Å². The number of nitrogens with two attached hydrogens (primary N) is 1. The van der Waals surface area contributed by atoms with Crippen LogP contribution in [0.2, 0.25) is 0 Å². The van der Waals surface area contributed by atoms with Gasteiger partial charge in [0.05, 0.1) is 6.10 Å². The van der Waals surface area contributed by atoms with Gasteiger partial charge in [-0.1, -0.05) is 19.8 Å². The Morgan fingerprint density at radius 3 is 2.74 bits per heavy atom. The minimum atomic E-state index is -0.155. The van der Waals surface area contributed by atoms with Crippen molar-refractivity contribution in [3.05, 3.63) is 0 Å². The maximum atomic E-state index is 9.69. The van der Waals surface area contributed by atoms with Gasteiger partial charge in [0.1, 0.15) is 0 Å². The molecule has 19 heavy (non-hydrogen) atoms. The molecular weight excluding hydrogens is 236 g/mol. The standard InChI is InChI=1S/C16H32N2O/c1-3-4-13-5-6-16(17)15(9-13)11-18-8-7-14(10-18)12(2)19/h12-16,19H,3-11,17H2,1-2H3. The summed E-state index contributed by atoms with van der Waals surface area (Å²) in [5.41, 5.74) is 6.33. The van der Waals surface area contributed by atoms with E-state index < -0.39 is 0 Å². The van der Waals surface area contributed by atoms with Gasteiger partial charge in [0.15, 0.2) is 0 Å². The molecule has 1 saturated carbocycles. The minimum absolute atomic E-state index is 0.155. The van der Waals surface area contributed by atoms with Gasteiger partial charge in [-0.15, -0.1) is 0 Å². The van der Waals surface area contributed by atoms with Crippen molar-refractivity contribution in [2.75, 3.05) is 19.6 Å². The zero-order valence-corrected chi connectivity index (χ0v) is 12.7. The van der Waals surface area contributed by atoms with Crippen molar-refractivity contribution < 1.29 is 5.11 Å². The van der Waals surface area contributed by atoms with E-state index in [0.29, 0.717) is 17.9 Å². The van der Waals surface area contributed by atoms with Crippen LogP contribution in [0.5, 0.6) is 0 Å². The first-order chi connectivity index (χ1) is 9.10. The Morgan fingerprint density at radius 2 is 2.11 bits per heavy atom. The van der Waals surface area contributed by atoms with Crippen molar-refractivity contribution in [3.8, 4) is 0 Å². The fourth-order valence-electron chi connectivity index (χ4n) is 4.02. The smallest absolute Gasteiger partial charge is 0.0552 e. The zero-order valence-electron chi connectivity index (χ0n) is 12.7. The number of aliphatic hydroxyl groups is 1. The lowest BCUT2D eigenvalue weighted by molar-refractivity contribution is 0.119.